The van der Waals surface area contributed by atoms with Crippen molar-refractivity contribution in [2.75, 3.05) is 26.7 Å². The predicted octanol–water partition coefficient (Wildman–Crippen LogP) is 3.58. The number of hydrogen-bond donors (Lipinski definition) is 1. The Morgan fingerprint density at radius 1 is 1.26 bits per heavy atom. The van der Waals surface area contributed by atoms with Crippen molar-refractivity contribution >= 4 is 24.0 Å². The Labute approximate surface area is 127 Å². The number of nitrogens with one attached hydrogen (secondary N) is 1. The highest BCUT2D eigenvalue weighted by Gasteiger charge is 2.13. The van der Waals surface area contributed by atoms with E-state index in [1.807, 2.05) is 12.1 Å². The molecule has 2 nitrogen and oxygen atoms in total. The minimum absolute atomic E-state index is 0. The molecule has 19 heavy (non-hydrogen) atoms. The topological polar surface area (TPSA) is 15.3 Å². The molecule has 1 aliphatic rings. The van der Waals surface area contributed by atoms with Crippen LogP contribution in [0.3, 0.4) is 0 Å². The molecule has 1 fully saturated rings. The van der Waals surface area contributed by atoms with E-state index in [2.05, 4.69) is 29.4 Å². The first kappa shape index (κ1) is 16.8. The lowest BCUT2D eigenvalue weighted by molar-refractivity contribution is 0.266. The highest BCUT2D eigenvalue weighted by Crippen LogP contribution is 2.19. The van der Waals surface area contributed by atoms with Gasteiger partial charge in [-0.15, -0.1) is 12.4 Å². The van der Waals surface area contributed by atoms with Gasteiger partial charge in [0.25, 0.3) is 0 Å². The third-order valence-corrected chi connectivity index (χ3v) is 4.14. The van der Waals surface area contributed by atoms with Gasteiger partial charge in [-0.3, -0.25) is 0 Å². The molecule has 1 aliphatic heterocycles. The normalized spacial score (nSPS) is 16.4. The Hall–Kier alpha value is -0.280. The molecule has 108 valence electrons. The minimum Gasteiger partial charge on any atom is -0.317 e. The first-order chi connectivity index (χ1) is 8.75. The predicted molar refractivity (Wildman–Crippen MR) is 85.2 cm³/mol. The van der Waals surface area contributed by atoms with E-state index in [1.165, 1.54) is 37.9 Å². The number of rotatable bonds is 5. The Kier molecular flexibility index (Phi) is 7.77. The summed E-state index contributed by atoms with van der Waals surface area (Å²) >= 11 is 6.18. The molecule has 0 bridgehead atoms. The van der Waals surface area contributed by atoms with Crippen molar-refractivity contribution in [3.05, 3.63) is 34.9 Å². The third-order valence-electron chi connectivity index (χ3n) is 3.78. The van der Waals surface area contributed by atoms with E-state index in [1.54, 1.807) is 0 Å². The van der Waals surface area contributed by atoms with E-state index >= 15 is 0 Å². The van der Waals surface area contributed by atoms with Gasteiger partial charge in [-0.2, -0.15) is 0 Å². The fourth-order valence-corrected chi connectivity index (χ4v) is 2.77. The van der Waals surface area contributed by atoms with Crippen molar-refractivity contribution in [1.29, 1.82) is 0 Å². The van der Waals surface area contributed by atoms with Gasteiger partial charge in [0, 0.05) is 11.6 Å². The van der Waals surface area contributed by atoms with Crippen LogP contribution in [0.1, 0.15) is 24.8 Å². The second-order valence-corrected chi connectivity index (χ2v) is 5.72. The zero-order valence-corrected chi connectivity index (χ0v) is 13.1. The van der Waals surface area contributed by atoms with Crippen molar-refractivity contribution in [3.8, 4) is 0 Å². The van der Waals surface area contributed by atoms with Crippen molar-refractivity contribution < 1.29 is 0 Å². The molecule has 1 aromatic rings. The highest BCUT2D eigenvalue weighted by atomic mass is 35.5. The van der Waals surface area contributed by atoms with Gasteiger partial charge < -0.3 is 10.2 Å². The average Bonchev–Trinajstić information content (AvgIpc) is 2.40. The fraction of sp³-hybridized carbons (Fsp3) is 0.600. The fourth-order valence-electron chi connectivity index (χ4n) is 2.57. The van der Waals surface area contributed by atoms with Gasteiger partial charge in [-0.05, 0) is 63.5 Å². The minimum atomic E-state index is 0. The van der Waals surface area contributed by atoms with Crippen LogP contribution in [0.2, 0.25) is 5.02 Å². The Bertz CT molecular complexity index is 365. The second-order valence-electron chi connectivity index (χ2n) is 5.31. The van der Waals surface area contributed by atoms with Crippen molar-refractivity contribution in [1.82, 2.24) is 10.2 Å². The number of piperidine rings is 1. The van der Waals surface area contributed by atoms with Gasteiger partial charge in [-0.25, -0.2) is 0 Å². The third kappa shape index (κ3) is 5.70. The van der Waals surface area contributed by atoms with Gasteiger partial charge in [0.15, 0.2) is 0 Å². The molecule has 4 heteroatoms. The lowest BCUT2D eigenvalue weighted by Gasteiger charge is -2.25. The van der Waals surface area contributed by atoms with Crippen LogP contribution >= 0.6 is 24.0 Å². The van der Waals surface area contributed by atoms with Crippen molar-refractivity contribution in [3.63, 3.8) is 0 Å². The molecule has 1 aromatic carbocycles. The van der Waals surface area contributed by atoms with Gasteiger partial charge in [0.2, 0.25) is 0 Å². The maximum atomic E-state index is 6.18. The zero-order chi connectivity index (χ0) is 12.8. The molecule has 0 aromatic heterocycles. The Balaban J connectivity index is 0.00000180. The molecule has 0 atom stereocenters. The summed E-state index contributed by atoms with van der Waals surface area (Å²) < 4.78 is 0. The molecule has 1 heterocycles. The Morgan fingerprint density at radius 3 is 2.63 bits per heavy atom. The average molecular weight is 303 g/mol. The van der Waals surface area contributed by atoms with Crippen LogP contribution in [0.4, 0.5) is 0 Å². The number of benzene rings is 1. The molecule has 2 rings (SSSR count). The molecule has 0 amide bonds. The van der Waals surface area contributed by atoms with Gasteiger partial charge in [0.1, 0.15) is 0 Å². The molecule has 1 saturated heterocycles. The van der Waals surface area contributed by atoms with Crippen LogP contribution < -0.4 is 5.32 Å². The van der Waals surface area contributed by atoms with Gasteiger partial charge in [0.05, 0.1) is 0 Å². The highest BCUT2D eigenvalue weighted by molar-refractivity contribution is 6.31. The first-order valence-electron chi connectivity index (χ1n) is 6.88. The summed E-state index contributed by atoms with van der Waals surface area (Å²) in [7, 11) is 2.18. The molecule has 0 unspecified atom stereocenters. The molecule has 1 N–H and O–H groups in total. The van der Waals surface area contributed by atoms with E-state index in [-0.39, 0.29) is 12.4 Å². The Morgan fingerprint density at radius 2 is 1.95 bits per heavy atom. The summed E-state index contributed by atoms with van der Waals surface area (Å²) in [6.07, 6.45) is 3.97. The van der Waals surface area contributed by atoms with Crippen LogP contribution in [0.15, 0.2) is 24.3 Å². The molecular weight excluding hydrogens is 279 g/mol. The molecule has 0 aliphatic carbocycles. The van der Waals surface area contributed by atoms with Crippen molar-refractivity contribution in [2.24, 2.45) is 5.92 Å². The largest absolute Gasteiger partial charge is 0.317 e. The molecular formula is C15H24Cl2N2. The second kappa shape index (κ2) is 8.80. The first-order valence-corrected chi connectivity index (χ1v) is 7.26. The summed E-state index contributed by atoms with van der Waals surface area (Å²) in [4.78, 5) is 2.38. The SMILES string of the molecule is CN(CCC1CCNCC1)Cc1ccccc1Cl.Cl. The van der Waals surface area contributed by atoms with Crippen molar-refractivity contribution in [2.45, 2.75) is 25.8 Å². The lowest BCUT2D eigenvalue weighted by Crippen LogP contribution is -2.30. The van der Waals surface area contributed by atoms with Crippen LogP contribution in [0, 0.1) is 5.92 Å². The summed E-state index contributed by atoms with van der Waals surface area (Å²) in [6, 6.07) is 8.13. The quantitative estimate of drug-likeness (QED) is 0.894. The van der Waals surface area contributed by atoms with Crippen LogP contribution in [0.5, 0.6) is 0 Å². The molecule has 0 radical (unpaired) electrons. The van der Waals surface area contributed by atoms with E-state index in [9.17, 15) is 0 Å². The number of nitrogens with zero attached hydrogens (tertiary/aromatic N) is 1. The van der Waals surface area contributed by atoms with E-state index < -0.39 is 0 Å². The number of halogens is 2. The van der Waals surface area contributed by atoms with Crippen LogP contribution in [0.25, 0.3) is 0 Å². The number of hydrogen-bond acceptors (Lipinski definition) is 2. The molecule has 0 spiro atoms. The monoisotopic (exact) mass is 302 g/mol. The standard InChI is InChI=1S/C15H23ClN2.ClH/c1-18(11-8-13-6-9-17-10-7-13)12-14-4-2-3-5-15(14)16;/h2-5,13,17H,6-12H2,1H3;1H. The van der Waals surface area contributed by atoms with E-state index in [4.69, 9.17) is 11.6 Å². The van der Waals surface area contributed by atoms with Crippen LogP contribution in [-0.2, 0) is 6.54 Å². The summed E-state index contributed by atoms with van der Waals surface area (Å²) in [6.45, 7) is 4.50. The maximum absolute atomic E-state index is 6.18. The lowest BCUT2D eigenvalue weighted by atomic mass is 9.94. The summed E-state index contributed by atoms with van der Waals surface area (Å²) in [5.74, 6) is 0.903. The van der Waals surface area contributed by atoms with Gasteiger partial charge in [-0.1, -0.05) is 29.8 Å². The van der Waals surface area contributed by atoms with E-state index in [0.29, 0.717) is 0 Å². The van der Waals surface area contributed by atoms with Gasteiger partial charge >= 0.3 is 0 Å². The maximum Gasteiger partial charge on any atom is 0.0451 e. The summed E-state index contributed by atoms with van der Waals surface area (Å²) in [5, 5.41) is 4.30. The summed E-state index contributed by atoms with van der Waals surface area (Å²) in [5.41, 5.74) is 1.23. The van der Waals surface area contributed by atoms with Crippen LogP contribution in [-0.4, -0.2) is 31.6 Å². The zero-order valence-electron chi connectivity index (χ0n) is 11.6. The van der Waals surface area contributed by atoms with E-state index in [0.717, 1.165) is 24.0 Å². The smallest absolute Gasteiger partial charge is 0.0451 e. The molecule has 0 saturated carbocycles.